The first-order chi connectivity index (χ1) is 15.9. The summed E-state index contributed by atoms with van der Waals surface area (Å²) in [4.78, 5) is 21.3. The molecule has 8 heteroatoms. The van der Waals surface area contributed by atoms with E-state index in [1.807, 2.05) is 40.8 Å². The van der Waals surface area contributed by atoms with Gasteiger partial charge in [0.15, 0.2) is 6.61 Å². The van der Waals surface area contributed by atoms with Crippen molar-refractivity contribution < 1.29 is 13.9 Å². The number of carbonyl (C=O) groups is 1. The van der Waals surface area contributed by atoms with Gasteiger partial charge in [-0.05, 0) is 49.7 Å². The van der Waals surface area contributed by atoms with Gasteiger partial charge in [0.1, 0.15) is 11.6 Å². The zero-order valence-corrected chi connectivity index (χ0v) is 19.6. The first-order valence-corrected chi connectivity index (χ1v) is 11.4. The largest absolute Gasteiger partial charge is 0.483 e. The summed E-state index contributed by atoms with van der Waals surface area (Å²) in [6.45, 7) is 6.78. The highest BCUT2D eigenvalue weighted by molar-refractivity contribution is 6.30. The van der Waals surface area contributed by atoms with Gasteiger partial charge in [0.2, 0.25) is 0 Å². The molecule has 1 fully saturated rings. The fourth-order valence-electron chi connectivity index (χ4n) is 4.20. The van der Waals surface area contributed by atoms with Gasteiger partial charge in [0, 0.05) is 54.7 Å². The van der Waals surface area contributed by atoms with Gasteiger partial charge in [-0.1, -0.05) is 23.7 Å². The lowest BCUT2D eigenvalue weighted by atomic mass is 10.1. The van der Waals surface area contributed by atoms with Gasteiger partial charge in [-0.3, -0.25) is 9.69 Å². The van der Waals surface area contributed by atoms with E-state index in [9.17, 15) is 9.18 Å². The van der Waals surface area contributed by atoms with Crippen LogP contribution in [0.1, 0.15) is 25.0 Å². The highest BCUT2D eigenvalue weighted by atomic mass is 35.5. The fraction of sp³-hybridized carbons (Fsp3) is 0.360. The molecule has 4 rings (SSSR count). The smallest absolute Gasteiger partial charge is 0.260 e. The number of amides is 1. The van der Waals surface area contributed by atoms with Crippen LogP contribution >= 0.6 is 11.6 Å². The zero-order valence-electron chi connectivity index (χ0n) is 18.8. The predicted molar refractivity (Wildman–Crippen MR) is 126 cm³/mol. The van der Waals surface area contributed by atoms with Crippen molar-refractivity contribution in [2.45, 2.75) is 39.0 Å². The highest BCUT2D eigenvalue weighted by Crippen LogP contribution is 2.25. The number of aromatic nitrogens is 2. The van der Waals surface area contributed by atoms with E-state index in [-0.39, 0.29) is 30.4 Å². The van der Waals surface area contributed by atoms with Gasteiger partial charge in [0.25, 0.3) is 5.91 Å². The number of hydrogen-bond acceptors (Lipinski definition) is 4. The zero-order chi connectivity index (χ0) is 23.4. The van der Waals surface area contributed by atoms with Crippen LogP contribution in [-0.4, -0.2) is 57.0 Å². The third-order valence-electron chi connectivity index (χ3n) is 6.02. The van der Waals surface area contributed by atoms with E-state index in [2.05, 4.69) is 16.8 Å². The van der Waals surface area contributed by atoms with E-state index in [1.165, 1.54) is 12.1 Å². The number of halogens is 2. The minimum absolute atomic E-state index is 0.0341. The third kappa shape index (κ3) is 5.92. The Morgan fingerprint density at radius 3 is 2.64 bits per heavy atom. The molecule has 2 atom stereocenters. The van der Waals surface area contributed by atoms with Crippen LogP contribution in [-0.2, 0) is 17.9 Å². The summed E-state index contributed by atoms with van der Waals surface area (Å²) < 4.78 is 21.1. The van der Waals surface area contributed by atoms with Crippen LogP contribution < -0.4 is 4.74 Å². The lowest BCUT2D eigenvalue weighted by Crippen LogP contribution is -2.58. The molecule has 0 radical (unpaired) electrons. The summed E-state index contributed by atoms with van der Waals surface area (Å²) >= 11 is 6.18. The summed E-state index contributed by atoms with van der Waals surface area (Å²) in [5.41, 5.74) is 1.95. The summed E-state index contributed by atoms with van der Waals surface area (Å²) in [6.07, 6.45) is 5.31. The second-order valence-corrected chi connectivity index (χ2v) is 9.01. The van der Waals surface area contributed by atoms with Gasteiger partial charge in [0.05, 0.1) is 12.9 Å². The van der Waals surface area contributed by atoms with Crippen molar-refractivity contribution in [1.29, 1.82) is 0 Å². The van der Waals surface area contributed by atoms with Crippen molar-refractivity contribution in [2.24, 2.45) is 0 Å². The van der Waals surface area contributed by atoms with E-state index in [1.54, 1.807) is 24.7 Å². The summed E-state index contributed by atoms with van der Waals surface area (Å²) in [5.74, 6) is 0.362. The second kappa shape index (κ2) is 10.4. The monoisotopic (exact) mass is 470 g/mol. The molecule has 33 heavy (non-hydrogen) atoms. The van der Waals surface area contributed by atoms with Crippen molar-refractivity contribution in [3.63, 3.8) is 0 Å². The standard InChI is InChI=1S/C25H28ClFN4O2/c1-18-13-31(19(2)12-30(18)14-20-3-6-23(27)7-4-20)25(32)16-33-24-8-5-22(26)11-21(24)15-29-10-9-28-17-29/h3-11,17-19H,12-16H2,1-2H3/t18-,19+/m1/s1. The van der Waals surface area contributed by atoms with E-state index < -0.39 is 0 Å². The van der Waals surface area contributed by atoms with Crippen LogP contribution in [0, 0.1) is 5.82 Å². The number of hydrogen-bond donors (Lipinski definition) is 0. The quantitative estimate of drug-likeness (QED) is 0.518. The van der Waals surface area contributed by atoms with Gasteiger partial charge < -0.3 is 14.2 Å². The molecule has 1 amide bonds. The molecule has 0 saturated carbocycles. The number of rotatable bonds is 7. The maximum atomic E-state index is 13.2. The highest BCUT2D eigenvalue weighted by Gasteiger charge is 2.32. The molecule has 0 aliphatic carbocycles. The Balaban J connectivity index is 1.36. The van der Waals surface area contributed by atoms with Crippen molar-refractivity contribution >= 4 is 17.5 Å². The normalized spacial score (nSPS) is 19.0. The molecule has 174 valence electrons. The SMILES string of the molecule is C[C@@H]1CN(C(=O)COc2ccc(Cl)cc2Cn2ccnc2)[C@@H](C)CN1Cc1ccc(F)cc1. The molecule has 2 heterocycles. The van der Waals surface area contributed by atoms with Crippen LogP contribution in [0.2, 0.25) is 5.02 Å². The minimum atomic E-state index is -0.232. The number of benzene rings is 2. The van der Waals surface area contributed by atoms with Crippen LogP contribution in [0.3, 0.4) is 0 Å². The summed E-state index contributed by atoms with van der Waals surface area (Å²) in [7, 11) is 0. The lowest BCUT2D eigenvalue weighted by molar-refractivity contribution is -0.139. The Kier molecular flexibility index (Phi) is 7.30. The van der Waals surface area contributed by atoms with Crippen molar-refractivity contribution in [2.75, 3.05) is 19.7 Å². The predicted octanol–water partition coefficient (Wildman–Crippen LogP) is 4.22. The third-order valence-corrected chi connectivity index (χ3v) is 6.26. The number of nitrogens with zero attached hydrogens (tertiary/aromatic N) is 4. The fourth-order valence-corrected chi connectivity index (χ4v) is 4.40. The number of ether oxygens (including phenoxy) is 1. The minimum Gasteiger partial charge on any atom is -0.483 e. The summed E-state index contributed by atoms with van der Waals surface area (Å²) in [5, 5.41) is 0.614. The molecule has 3 aromatic rings. The first kappa shape index (κ1) is 23.3. The molecular weight excluding hydrogens is 443 g/mol. The Bertz CT molecular complexity index is 1070. The number of imidazole rings is 1. The molecule has 2 aromatic carbocycles. The molecule has 6 nitrogen and oxygen atoms in total. The topological polar surface area (TPSA) is 50.6 Å². The van der Waals surface area contributed by atoms with Crippen LogP contribution in [0.25, 0.3) is 0 Å². The number of carbonyl (C=O) groups excluding carboxylic acids is 1. The first-order valence-electron chi connectivity index (χ1n) is 11.0. The molecule has 0 bridgehead atoms. The van der Waals surface area contributed by atoms with Crippen LogP contribution in [0.15, 0.2) is 61.2 Å². The van der Waals surface area contributed by atoms with Crippen LogP contribution in [0.4, 0.5) is 4.39 Å². The Morgan fingerprint density at radius 1 is 1.12 bits per heavy atom. The summed E-state index contributed by atoms with van der Waals surface area (Å²) in [6, 6.07) is 12.2. The Labute approximate surface area is 198 Å². The number of piperazine rings is 1. The average molecular weight is 471 g/mol. The van der Waals surface area contributed by atoms with Crippen LogP contribution in [0.5, 0.6) is 5.75 Å². The molecular formula is C25H28ClFN4O2. The van der Waals surface area contributed by atoms with Gasteiger partial charge >= 0.3 is 0 Å². The Hall–Kier alpha value is -2.90. The van der Waals surface area contributed by atoms with E-state index in [0.29, 0.717) is 23.9 Å². The maximum absolute atomic E-state index is 13.2. The average Bonchev–Trinajstić information content (AvgIpc) is 3.30. The molecule has 1 aliphatic rings. The van der Waals surface area contributed by atoms with Gasteiger partial charge in [-0.15, -0.1) is 0 Å². The van der Waals surface area contributed by atoms with Crippen molar-refractivity contribution in [3.8, 4) is 5.75 Å². The maximum Gasteiger partial charge on any atom is 0.260 e. The van der Waals surface area contributed by atoms with Crippen molar-refractivity contribution in [3.05, 3.63) is 83.2 Å². The molecule has 1 aliphatic heterocycles. The van der Waals surface area contributed by atoms with E-state index in [0.717, 1.165) is 24.2 Å². The molecule has 0 N–H and O–H groups in total. The van der Waals surface area contributed by atoms with Crippen molar-refractivity contribution in [1.82, 2.24) is 19.4 Å². The second-order valence-electron chi connectivity index (χ2n) is 8.58. The van der Waals surface area contributed by atoms with Gasteiger partial charge in [-0.25, -0.2) is 9.37 Å². The van der Waals surface area contributed by atoms with E-state index >= 15 is 0 Å². The Morgan fingerprint density at radius 2 is 1.91 bits per heavy atom. The molecule has 0 unspecified atom stereocenters. The lowest BCUT2D eigenvalue weighted by Gasteiger charge is -2.44. The molecule has 0 spiro atoms. The molecule has 1 saturated heterocycles. The van der Waals surface area contributed by atoms with Gasteiger partial charge in [-0.2, -0.15) is 0 Å². The molecule has 1 aromatic heterocycles. The van der Waals surface area contributed by atoms with E-state index in [4.69, 9.17) is 16.3 Å².